The van der Waals surface area contributed by atoms with Gasteiger partial charge >= 0.3 is 5.97 Å². The van der Waals surface area contributed by atoms with Gasteiger partial charge in [-0.05, 0) is 19.3 Å². The molecule has 0 radical (unpaired) electrons. The van der Waals surface area contributed by atoms with Crippen LogP contribution < -0.4 is 5.32 Å². The first-order chi connectivity index (χ1) is 9.56. The minimum absolute atomic E-state index is 0.0421. The number of thioether (sulfide) groups is 1. The van der Waals surface area contributed by atoms with E-state index in [4.69, 9.17) is 5.11 Å². The summed E-state index contributed by atoms with van der Waals surface area (Å²) in [4.78, 5) is 35.9. The topological polar surface area (TPSA) is 86.7 Å². The second-order valence-corrected chi connectivity index (χ2v) is 5.84. The number of nitrogens with zero attached hydrogens (tertiary/aromatic N) is 1. The van der Waals surface area contributed by atoms with Crippen LogP contribution in [0.3, 0.4) is 0 Å². The minimum atomic E-state index is -0.853. The first-order valence-corrected chi connectivity index (χ1v) is 8.08. The summed E-state index contributed by atoms with van der Waals surface area (Å²) in [6.07, 6.45) is 2.85. The maximum Gasteiger partial charge on any atom is 0.313 e. The van der Waals surface area contributed by atoms with E-state index in [0.717, 1.165) is 12.8 Å². The van der Waals surface area contributed by atoms with Crippen LogP contribution in [0.15, 0.2) is 0 Å². The molecule has 1 aliphatic heterocycles. The number of likely N-dealkylation sites (tertiary alicyclic amines) is 1. The molecular weight excluding hydrogens is 280 g/mol. The summed E-state index contributed by atoms with van der Waals surface area (Å²) in [5.74, 6) is -0.324. The monoisotopic (exact) mass is 302 g/mol. The van der Waals surface area contributed by atoms with Gasteiger partial charge in [0.15, 0.2) is 0 Å². The Hall–Kier alpha value is -1.24. The molecule has 0 saturated carbocycles. The van der Waals surface area contributed by atoms with E-state index in [2.05, 4.69) is 5.32 Å². The molecule has 0 aromatic carbocycles. The molecule has 2 amide bonds. The number of rotatable bonds is 8. The SMILES string of the molecule is CCCC(=O)N1CCCC1C(=O)NCCSCC(=O)O. The number of carbonyl (C=O) groups excluding carboxylic acids is 2. The molecule has 1 atom stereocenters. The number of carbonyl (C=O) groups is 3. The third-order valence-electron chi connectivity index (χ3n) is 3.11. The fourth-order valence-electron chi connectivity index (χ4n) is 2.22. The summed E-state index contributed by atoms with van der Waals surface area (Å²) in [7, 11) is 0. The standard InChI is InChI=1S/C13H22N2O4S/c1-2-4-11(16)15-7-3-5-10(15)13(19)14-6-8-20-9-12(17)18/h10H,2-9H2,1H3,(H,14,19)(H,17,18). The van der Waals surface area contributed by atoms with E-state index in [-0.39, 0.29) is 23.6 Å². The van der Waals surface area contributed by atoms with Crippen molar-refractivity contribution >= 4 is 29.5 Å². The van der Waals surface area contributed by atoms with Crippen LogP contribution in [0.25, 0.3) is 0 Å². The molecule has 1 aliphatic rings. The first-order valence-electron chi connectivity index (χ1n) is 6.93. The number of amides is 2. The van der Waals surface area contributed by atoms with Gasteiger partial charge in [0.2, 0.25) is 11.8 Å². The van der Waals surface area contributed by atoms with Gasteiger partial charge in [-0.2, -0.15) is 0 Å². The molecular formula is C13H22N2O4S. The van der Waals surface area contributed by atoms with Crippen molar-refractivity contribution in [2.45, 2.75) is 38.6 Å². The van der Waals surface area contributed by atoms with E-state index in [9.17, 15) is 14.4 Å². The normalized spacial score (nSPS) is 18.1. The molecule has 0 aliphatic carbocycles. The summed E-state index contributed by atoms with van der Waals surface area (Å²) in [6.45, 7) is 3.04. The van der Waals surface area contributed by atoms with E-state index in [1.165, 1.54) is 11.8 Å². The van der Waals surface area contributed by atoms with E-state index in [1.54, 1.807) is 4.90 Å². The minimum Gasteiger partial charge on any atom is -0.481 e. The predicted octanol–water partition coefficient (Wildman–Crippen LogP) is 0.711. The summed E-state index contributed by atoms with van der Waals surface area (Å²) in [6, 6.07) is -0.349. The summed E-state index contributed by atoms with van der Waals surface area (Å²) >= 11 is 1.27. The molecule has 1 heterocycles. The average Bonchev–Trinajstić information content (AvgIpc) is 2.87. The molecule has 0 aromatic heterocycles. The van der Waals surface area contributed by atoms with Crippen LogP contribution in [0.1, 0.15) is 32.6 Å². The molecule has 1 saturated heterocycles. The average molecular weight is 302 g/mol. The van der Waals surface area contributed by atoms with Crippen molar-refractivity contribution in [2.75, 3.05) is 24.6 Å². The van der Waals surface area contributed by atoms with E-state index >= 15 is 0 Å². The largest absolute Gasteiger partial charge is 0.481 e. The molecule has 0 spiro atoms. The molecule has 1 fully saturated rings. The zero-order valence-electron chi connectivity index (χ0n) is 11.8. The molecule has 7 heteroatoms. The van der Waals surface area contributed by atoms with Crippen molar-refractivity contribution in [3.63, 3.8) is 0 Å². The lowest BCUT2D eigenvalue weighted by Crippen LogP contribution is -2.46. The lowest BCUT2D eigenvalue weighted by molar-refractivity contribution is -0.138. The van der Waals surface area contributed by atoms with Gasteiger partial charge in [-0.25, -0.2) is 0 Å². The predicted molar refractivity (Wildman–Crippen MR) is 77.6 cm³/mol. The fourth-order valence-corrected chi connectivity index (χ4v) is 2.78. The number of hydrogen-bond acceptors (Lipinski definition) is 4. The van der Waals surface area contributed by atoms with Crippen molar-refractivity contribution in [3.8, 4) is 0 Å². The Labute approximate surface area is 123 Å². The number of carboxylic acids is 1. The van der Waals surface area contributed by atoms with Crippen LogP contribution in [0.2, 0.25) is 0 Å². The Morgan fingerprint density at radius 3 is 2.80 bits per heavy atom. The van der Waals surface area contributed by atoms with Crippen molar-refractivity contribution < 1.29 is 19.5 Å². The smallest absolute Gasteiger partial charge is 0.313 e. The molecule has 20 heavy (non-hydrogen) atoms. The van der Waals surface area contributed by atoms with Gasteiger partial charge < -0.3 is 15.3 Å². The molecule has 0 bridgehead atoms. The Balaban J connectivity index is 2.30. The number of nitrogens with one attached hydrogen (secondary N) is 1. The van der Waals surface area contributed by atoms with E-state index < -0.39 is 5.97 Å². The summed E-state index contributed by atoms with van der Waals surface area (Å²) in [5.41, 5.74) is 0. The lowest BCUT2D eigenvalue weighted by Gasteiger charge is -2.23. The maximum atomic E-state index is 12.0. The van der Waals surface area contributed by atoms with Crippen LogP contribution in [-0.4, -0.2) is 58.4 Å². The van der Waals surface area contributed by atoms with Gasteiger partial charge in [0, 0.05) is 25.3 Å². The van der Waals surface area contributed by atoms with Crippen molar-refractivity contribution in [3.05, 3.63) is 0 Å². The zero-order valence-corrected chi connectivity index (χ0v) is 12.6. The quantitative estimate of drug-likeness (QED) is 0.645. The summed E-state index contributed by atoms with van der Waals surface area (Å²) < 4.78 is 0. The Bertz CT molecular complexity index is 362. The molecule has 1 unspecified atom stereocenters. The fraction of sp³-hybridized carbons (Fsp3) is 0.769. The second-order valence-electron chi connectivity index (χ2n) is 4.73. The molecule has 2 N–H and O–H groups in total. The van der Waals surface area contributed by atoms with E-state index in [0.29, 0.717) is 31.7 Å². The van der Waals surface area contributed by atoms with Crippen LogP contribution in [0, 0.1) is 0 Å². The van der Waals surface area contributed by atoms with Crippen molar-refractivity contribution in [1.82, 2.24) is 10.2 Å². The van der Waals surface area contributed by atoms with Crippen molar-refractivity contribution in [1.29, 1.82) is 0 Å². The molecule has 1 rings (SSSR count). The number of hydrogen-bond donors (Lipinski definition) is 2. The van der Waals surface area contributed by atoms with Crippen LogP contribution >= 0.6 is 11.8 Å². The third-order valence-corrected chi connectivity index (χ3v) is 4.05. The van der Waals surface area contributed by atoms with Crippen LogP contribution in [-0.2, 0) is 14.4 Å². The van der Waals surface area contributed by atoms with Gasteiger partial charge in [-0.1, -0.05) is 6.92 Å². The molecule has 114 valence electrons. The molecule has 0 aromatic rings. The highest BCUT2D eigenvalue weighted by Gasteiger charge is 2.33. The van der Waals surface area contributed by atoms with Crippen molar-refractivity contribution in [2.24, 2.45) is 0 Å². The number of aliphatic carboxylic acids is 1. The van der Waals surface area contributed by atoms with E-state index in [1.807, 2.05) is 6.92 Å². The van der Waals surface area contributed by atoms with Gasteiger partial charge in [0.1, 0.15) is 6.04 Å². The third kappa shape index (κ3) is 5.40. The van der Waals surface area contributed by atoms with Crippen LogP contribution in [0.5, 0.6) is 0 Å². The number of carboxylic acid groups (broad SMARTS) is 1. The highest BCUT2D eigenvalue weighted by atomic mass is 32.2. The first kappa shape index (κ1) is 16.8. The van der Waals surface area contributed by atoms with Crippen LogP contribution in [0.4, 0.5) is 0 Å². The van der Waals surface area contributed by atoms with Gasteiger partial charge in [-0.15, -0.1) is 11.8 Å². The lowest BCUT2D eigenvalue weighted by atomic mass is 10.2. The highest BCUT2D eigenvalue weighted by molar-refractivity contribution is 7.99. The van der Waals surface area contributed by atoms with Gasteiger partial charge in [0.05, 0.1) is 5.75 Å². The van der Waals surface area contributed by atoms with Gasteiger partial charge in [0.25, 0.3) is 0 Å². The Kier molecular flexibility index (Phi) is 7.43. The zero-order chi connectivity index (χ0) is 15.0. The molecule has 6 nitrogen and oxygen atoms in total. The van der Waals surface area contributed by atoms with Gasteiger partial charge in [-0.3, -0.25) is 14.4 Å². The Morgan fingerprint density at radius 2 is 2.15 bits per heavy atom. The second kappa shape index (κ2) is 8.84. The summed E-state index contributed by atoms with van der Waals surface area (Å²) in [5, 5.41) is 11.3. The highest BCUT2D eigenvalue weighted by Crippen LogP contribution is 2.18. The maximum absolute atomic E-state index is 12.0. The Morgan fingerprint density at radius 1 is 1.40 bits per heavy atom.